The quantitative estimate of drug-likeness (QED) is 0.503. The molecule has 0 aliphatic heterocycles. The lowest BCUT2D eigenvalue weighted by Crippen LogP contribution is -1.93. The number of hydrogen-bond acceptors (Lipinski definition) is 0. The van der Waals surface area contributed by atoms with Crippen molar-refractivity contribution in [1.82, 2.24) is 0 Å². The molecule has 0 saturated heterocycles. The van der Waals surface area contributed by atoms with Gasteiger partial charge in [-0.1, -0.05) is 71.7 Å². The normalized spacial score (nSPS) is 10.6. The van der Waals surface area contributed by atoms with Gasteiger partial charge >= 0.3 is 0 Å². The van der Waals surface area contributed by atoms with E-state index >= 15 is 0 Å². The second-order valence-electron chi connectivity index (χ2n) is 6.20. The molecule has 0 saturated carbocycles. The van der Waals surface area contributed by atoms with E-state index in [0.717, 1.165) is 12.8 Å². The third-order valence-electron chi connectivity index (χ3n) is 3.80. The van der Waals surface area contributed by atoms with E-state index in [1.807, 2.05) is 13.8 Å². The summed E-state index contributed by atoms with van der Waals surface area (Å²) in [5.41, 5.74) is 7.25. The maximum absolute atomic E-state index is 2.38. The molecule has 1 aromatic rings. The van der Waals surface area contributed by atoms with Gasteiger partial charge in [-0.05, 0) is 68.7 Å². The second kappa shape index (κ2) is 13.6. The van der Waals surface area contributed by atoms with Gasteiger partial charge < -0.3 is 0 Å². The second-order valence-corrected chi connectivity index (χ2v) is 6.20. The largest absolute Gasteiger partial charge is 0.0850 e. The van der Waals surface area contributed by atoms with Crippen molar-refractivity contribution in [2.75, 3.05) is 0 Å². The first-order chi connectivity index (χ1) is 10.3. The van der Waals surface area contributed by atoms with E-state index in [1.54, 1.807) is 0 Å². The van der Waals surface area contributed by atoms with Crippen LogP contribution in [-0.2, 0) is 6.42 Å². The molecule has 0 bridgehead atoms. The summed E-state index contributed by atoms with van der Waals surface area (Å²) in [5.74, 6) is 0.677. The van der Waals surface area contributed by atoms with E-state index in [0.29, 0.717) is 5.92 Å². The number of hydrogen-bond donors (Lipinski definition) is 0. The Labute approximate surface area is 141 Å². The molecular weight excluding hydrogens is 264 g/mol. The highest BCUT2D eigenvalue weighted by Gasteiger charge is 2.01. The molecule has 1 aromatic carbocycles. The molecule has 0 nitrogen and oxygen atoms in total. The van der Waals surface area contributed by atoms with Crippen molar-refractivity contribution in [1.29, 1.82) is 0 Å². The summed E-state index contributed by atoms with van der Waals surface area (Å²) in [4.78, 5) is 0. The molecule has 0 amide bonds. The van der Waals surface area contributed by atoms with Gasteiger partial charge in [0.2, 0.25) is 0 Å². The molecule has 0 atom stereocenters. The first kappa shape index (κ1) is 23.2. The van der Waals surface area contributed by atoms with Crippen LogP contribution in [-0.4, -0.2) is 0 Å². The Kier molecular flexibility index (Phi) is 14.4. The van der Waals surface area contributed by atoms with E-state index in [2.05, 4.69) is 73.6 Å². The van der Waals surface area contributed by atoms with E-state index in [-0.39, 0.29) is 0 Å². The third kappa shape index (κ3) is 9.82. The monoisotopic (exact) mass is 304 g/mol. The van der Waals surface area contributed by atoms with Crippen LogP contribution in [0.4, 0.5) is 0 Å². The van der Waals surface area contributed by atoms with Crippen LogP contribution in [0.2, 0.25) is 0 Å². The van der Waals surface area contributed by atoms with Crippen molar-refractivity contribution < 1.29 is 0 Å². The summed E-state index contributed by atoms with van der Waals surface area (Å²) >= 11 is 0. The summed E-state index contributed by atoms with van der Waals surface area (Å²) in [5, 5.41) is 0. The number of rotatable bonds is 4. The van der Waals surface area contributed by atoms with Gasteiger partial charge in [0.05, 0.1) is 0 Å². The van der Waals surface area contributed by atoms with Crippen LogP contribution in [0.5, 0.6) is 0 Å². The van der Waals surface area contributed by atoms with Crippen LogP contribution in [0, 0.1) is 26.7 Å². The predicted octanol–water partition coefficient (Wildman–Crippen LogP) is 7.59. The van der Waals surface area contributed by atoms with E-state index < -0.39 is 0 Å². The van der Waals surface area contributed by atoms with Crippen LogP contribution < -0.4 is 0 Å². The van der Waals surface area contributed by atoms with Gasteiger partial charge in [-0.25, -0.2) is 0 Å². The predicted molar refractivity (Wildman–Crippen MR) is 105 cm³/mol. The zero-order valence-corrected chi connectivity index (χ0v) is 16.9. The molecule has 0 fully saturated rings. The van der Waals surface area contributed by atoms with Crippen molar-refractivity contribution >= 4 is 0 Å². The van der Waals surface area contributed by atoms with E-state index in [4.69, 9.17) is 0 Å². The minimum Gasteiger partial charge on any atom is -0.0850 e. The molecule has 0 radical (unpaired) electrons. The number of benzene rings is 1. The van der Waals surface area contributed by atoms with Crippen molar-refractivity contribution in [3.05, 3.63) is 46.0 Å². The zero-order chi connectivity index (χ0) is 17.7. The van der Waals surface area contributed by atoms with Gasteiger partial charge in [0.15, 0.2) is 0 Å². The molecule has 0 aromatic heterocycles. The van der Waals surface area contributed by atoms with Crippen LogP contribution in [0.25, 0.3) is 0 Å². The summed E-state index contributed by atoms with van der Waals surface area (Å²) in [7, 11) is 0. The highest BCUT2D eigenvalue weighted by molar-refractivity contribution is 5.37. The van der Waals surface area contributed by atoms with Gasteiger partial charge in [0.25, 0.3) is 0 Å². The van der Waals surface area contributed by atoms with Crippen molar-refractivity contribution in [2.45, 2.75) is 88.5 Å². The Morgan fingerprint density at radius 1 is 1.00 bits per heavy atom. The Morgan fingerprint density at radius 3 is 1.77 bits per heavy atom. The lowest BCUT2D eigenvalue weighted by Gasteiger charge is -2.09. The zero-order valence-electron chi connectivity index (χ0n) is 16.9. The Balaban J connectivity index is 0. The summed E-state index contributed by atoms with van der Waals surface area (Å²) in [6.45, 7) is 21.6. The molecule has 0 spiro atoms. The molecule has 1 rings (SSSR count). The van der Waals surface area contributed by atoms with E-state index in [1.165, 1.54) is 34.2 Å². The van der Waals surface area contributed by atoms with Gasteiger partial charge in [-0.2, -0.15) is 0 Å². The fourth-order valence-corrected chi connectivity index (χ4v) is 1.97. The van der Waals surface area contributed by atoms with Crippen LogP contribution >= 0.6 is 0 Å². The first-order valence-electron chi connectivity index (χ1n) is 9.06. The number of allylic oxidation sites excluding steroid dienone is 2. The summed E-state index contributed by atoms with van der Waals surface area (Å²) in [6, 6.07) is 4.67. The molecule has 0 aliphatic rings. The Morgan fingerprint density at radius 2 is 1.41 bits per heavy atom. The van der Waals surface area contributed by atoms with Crippen LogP contribution in [0.15, 0.2) is 23.8 Å². The average molecular weight is 305 g/mol. The molecule has 0 aliphatic carbocycles. The van der Waals surface area contributed by atoms with Gasteiger partial charge in [0.1, 0.15) is 0 Å². The van der Waals surface area contributed by atoms with Crippen LogP contribution in [0.3, 0.4) is 0 Å². The standard InChI is InChI=1S/C17H26.C3H8.C2H6/c1-12(2)13(3)8-7-9-17-10-14(4)16(6)15(5)11-17;1-3-2;1-2/h8,10-12H,7,9H2,1-6H3;3H2,1-2H3;1-2H3/b13-8+;;. The lowest BCUT2D eigenvalue weighted by atomic mass is 9.97. The smallest absolute Gasteiger partial charge is 0.0244 e. The maximum atomic E-state index is 2.38. The van der Waals surface area contributed by atoms with Gasteiger partial charge in [0, 0.05) is 0 Å². The van der Waals surface area contributed by atoms with Gasteiger partial charge in [-0.15, -0.1) is 0 Å². The van der Waals surface area contributed by atoms with E-state index in [9.17, 15) is 0 Å². The van der Waals surface area contributed by atoms with Crippen molar-refractivity contribution in [2.24, 2.45) is 5.92 Å². The topological polar surface area (TPSA) is 0 Å². The third-order valence-corrected chi connectivity index (χ3v) is 3.80. The minimum atomic E-state index is 0.677. The lowest BCUT2D eigenvalue weighted by molar-refractivity contribution is 0.759. The van der Waals surface area contributed by atoms with Gasteiger partial charge in [-0.3, -0.25) is 0 Å². The molecule has 0 N–H and O–H groups in total. The van der Waals surface area contributed by atoms with Crippen LogP contribution in [0.1, 0.15) is 83.6 Å². The minimum absolute atomic E-state index is 0.677. The average Bonchev–Trinajstić information content (AvgIpc) is 2.47. The molecule has 0 unspecified atom stereocenters. The maximum Gasteiger partial charge on any atom is -0.0244 e. The molecule has 128 valence electrons. The molecule has 0 heterocycles. The highest BCUT2D eigenvalue weighted by atomic mass is 14.1. The molecule has 22 heavy (non-hydrogen) atoms. The Bertz CT molecular complexity index is 399. The summed E-state index contributed by atoms with van der Waals surface area (Å²) in [6.07, 6.45) is 5.95. The highest BCUT2D eigenvalue weighted by Crippen LogP contribution is 2.17. The van der Waals surface area contributed by atoms with Crippen molar-refractivity contribution in [3.8, 4) is 0 Å². The number of aryl methyl sites for hydroxylation is 3. The summed E-state index contributed by atoms with van der Waals surface area (Å²) < 4.78 is 0. The molecular formula is C22H40. The fraction of sp³-hybridized carbons (Fsp3) is 0.636. The SMILES string of the molecule is C/C(=C\CCc1cc(C)c(C)c(C)c1)C(C)C.CC.CCC. The first-order valence-corrected chi connectivity index (χ1v) is 9.06. The molecule has 0 heteroatoms. The fourth-order valence-electron chi connectivity index (χ4n) is 1.97. The Hall–Kier alpha value is -1.04. The van der Waals surface area contributed by atoms with Crippen molar-refractivity contribution in [3.63, 3.8) is 0 Å².